The van der Waals surface area contributed by atoms with Crippen LogP contribution in [0.1, 0.15) is 79.1 Å². The van der Waals surface area contributed by atoms with Gasteiger partial charge < -0.3 is 5.32 Å². The summed E-state index contributed by atoms with van der Waals surface area (Å²) in [5, 5.41) is 3.26. The van der Waals surface area contributed by atoms with E-state index in [1.165, 1.54) is 24.8 Å². The highest BCUT2D eigenvalue weighted by Crippen LogP contribution is 2.64. The third-order valence-corrected chi connectivity index (χ3v) is 9.18. The first kappa shape index (κ1) is 19.7. The Morgan fingerprint density at radius 2 is 1.81 bits per heavy atom. The van der Waals surface area contributed by atoms with Crippen LogP contribution in [-0.2, 0) is 9.59 Å². The summed E-state index contributed by atoms with van der Waals surface area (Å²) in [5.41, 5.74) is 1.41. The molecule has 0 spiro atoms. The predicted octanol–water partition coefficient (Wildman–Crippen LogP) is 5.38. The van der Waals surface area contributed by atoms with Crippen LogP contribution in [0.15, 0.2) is 10.1 Å². The highest BCUT2D eigenvalue weighted by atomic mass is 79.9. The Hall–Kier alpha value is -0.640. The number of allylic oxidation sites excluding steroid dienone is 1. The van der Waals surface area contributed by atoms with E-state index in [4.69, 9.17) is 0 Å². The maximum Gasteiger partial charge on any atom is 0.224 e. The minimum absolute atomic E-state index is 0.152. The van der Waals surface area contributed by atoms with Crippen molar-refractivity contribution in [3.63, 3.8) is 0 Å². The smallest absolute Gasteiger partial charge is 0.224 e. The van der Waals surface area contributed by atoms with Crippen LogP contribution in [0, 0.1) is 35.0 Å². The lowest BCUT2D eigenvalue weighted by Crippen LogP contribution is -2.51. The van der Waals surface area contributed by atoms with Crippen molar-refractivity contribution in [1.82, 2.24) is 5.32 Å². The predicted molar refractivity (Wildman–Crippen MR) is 111 cm³/mol. The molecule has 0 aromatic rings. The van der Waals surface area contributed by atoms with E-state index >= 15 is 0 Å². The van der Waals surface area contributed by atoms with E-state index in [1.807, 2.05) is 0 Å². The van der Waals surface area contributed by atoms with Crippen LogP contribution in [-0.4, -0.2) is 17.2 Å². The Labute approximate surface area is 172 Å². The summed E-state index contributed by atoms with van der Waals surface area (Å²) < 4.78 is 0.902. The fraction of sp³-hybridized carbons (Fsp3) is 0.826. The van der Waals surface area contributed by atoms with Crippen LogP contribution in [0.2, 0.25) is 0 Å². The molecule has 6 atom stereocenters. The number of halogens is 1. The van der Waals surface area contributed by atoms with Gasteiger partial charge in [-0.15, -0.1) is 0 Å². The second-order valence-corrected chi connectivity index (χ2v) is 11.6. The van der Waals surface area contributed by atoms with Crippen molar-refractivity contribution in [2.45, 2.75) is 84.6 Å². The average molecular weight is 436 g/mol. The molecule has 4 aliphatic rings. The standard InChI is InChI=1S/C23H34BrNO2/c1-22(2,3)25-21(27)18-9-8-17-15-5-6-16-13(7-10-19(26)20(16)24)14(15)11-12-23(17,18)4/h13-15,17-18H,5-12H2,1-4H3,(H,25,27)/t13-,14-,15-,17+,18-,23+/m1/s1. The molecule has 0 heterocycles. The summed E-state index contributed by atoms with van der Waals surface area (Å²) in [7, 11) is 0. The highest BCUT2D eigenvalue weighted by Gasteiger charge is 2.58. The molecular formula is C23H34BrNO2. The van der Waals surface area contributed by atoms with Crippen molar-refractivity contribution in [3.8, 4) is 0 Å². The van der Waals surface area contributed by atoms with Crippen LogP contribution >= 0.6 is 15.9 Å². The number of carbonyl (C=O) groups excluding carboxylic acids is 2. The lowest BCUT2D eigenvalue weighted by molar-refractivity contribution is -0.133. The summed E-state index contributed by atoms with van der Waals surface area (Å²) in [5.74, 6) is 3.47. The van der Waals surface area contributed by atoms with E-state index in [0.717, 1.165) is 42.0 Å². The molecule has 4 aliphatic carbocycles. The molecule has 0 saturated heterocycles. The van der Waals surface area contributed by atoms with Gasteiger partial charge in [0.05, 0.1) is 4.48 Å². The zero-order valence-electron chi connectivity index (χ0n) is 17.2. The monoisotopic (exact) mass is 435 g/mol. The summed E-state index contributed by atoms with van der Waals surface area (Å²) in [6, 6.07) is 0. The normalized spacial score (nSPS) is 41.7. The largest absolute Gasteiger partial charge is 0.351 e. The lowest BCUT2D eigenvalue weighted by atomic mass is 9.51. The molecule has 0 radical (unpaired) electrons. The first-order valence-corrected chi connectivity index (χ1v) is 11.6. The van der Waals surface area contributed by atoms with Crippen molar-refractivity contribution in [3.05, 3.63) is 10.1 Å². The highest BCUT2D eigenvalue weighted by molar-refractivity contribution is 9.12. The van der Waals surface area contributed by atoms with Gasteiger partial charge in [0.25, 0.3) is 0 Å². The zero-order valence-corrected chi connectivity index (χ0v) is 18.8. The molecular weight excluding hydrogens is 402 g/mol. The van der Waals surface area contributed by atoms with Crippen LogP contribution < -0.4 is 5.32 Å². The van der Waals surface area contributed by atoms with Gasteiger partial charge in [0.15, 0.2) is 5.78 Å². The Bertz CT molecular complexity index is 691. The Kier molecular flexibility index (Phi) is 4.89. The molecule has 4 rings (SSSR count). The number of hydrogen-bond acceptors (Lipinski definition) is 2. The maximum absolute atomic E-state index is 13.0. The first-order chi connectivity index (χ1) is 12.6. The van der Waals surface area contributed by atoms with E-state index in [1.54, 1.807) is 0 Å². The minimum atomic E-state index is -0.159. The quantitative estimate of drug-likeness (QED) is 0.600. The van der Waals surface area contributed by atoms with Crippen molar-refractivity contribution in [1.29, 1.82) is 0 Å². The van der Waals surface area contributed by atoms with Gasteiger partial charge in [-0.25, -0.2) is 0 Å². The van der Waals surface area contributed by atoms with Gasteiger partial charge in [0.2, 0.25) is 5.91 Å². The molecule has 4 heteroatoms. The zero-order chi connectivity index (χ0) is 19.6. The van der Waals surface area contributed by atoms with Crippen LogP contribution in [0.3, 0.4) is 0 Å². The summed E-state index contributed by atoms with van der Waals surface area (Å²) in [6.07, 6.45) is 8.65. The van der Waals surface area contributed by atoms with E-state index in [2.05, 4.69) is 48.9 Å². The second kappa shape index (κ2) is 6.71. The van der Waals surface area contributed by atoms with Crippen LogP contribution in [0.4, 0.5) is 0 Å². The molecule has 0 bridgehead atoms. The van der Waals surface area contributed by atoms with Gasteiger partial charge in [0, 0.05) is 17.9 Å². The summed E-state index contributed by atoms with van der Waals surface area (Å²) in [6.45, 7) is 8.63. The molecule has 1 N–H and O–H groups in total. The Balaban J connectivity index is 1.56. The number of Topliss-reactive ketones (excluding diaryl/α,β-unsaturated/α-hetero) is 1. The fourth-order valence-electron chi connectivity index (χ4n) is 7.12. The summed E-state index contributed by atoms with van der Waals surface area (Å²) >= 11 is 3.61. The molecule has 3 fully saturated rings. The van der Waals surface area contributed by atoms with Crippen molar-refractivity contribution < 1.29 is 9.59 Å². The van der Waals surface area contributed by atoms with Gasteiger partial charge >= 0.3 is 0 Å². The van der Waals surface area contributed by atoms with E-state index < -0.39 is 0 Å². The number of ketones is 1. The molecule has 1 amide bonds. The average Bonchev–Trinajstić information content (AvgIpc) is 2.93. The SMILES string of the molecule is CC(C)(C)NC(=O)[C@H]1CC[C@H]2[C@@H]3CCC4=C(Br)C(=O)CC[C@@H]4[C@H]3CC[C@]12C. The topological polar surface area (TPSA) is 46.2 Å². The molecule has 150 valence electrons. The Morgan fingerprint density at radius 3 is 2.52 bits per heavy atom. The number of amides is 1. The number of hydrogen-bond donors (Lipinski definition) is 1. The van der Waals surface area contributed by atoms with Crippen molar-refractivity contribution in [2.24, 2.45) is 35.0 Å². The van der Waals surface area contributed by atoms with Crippen LogP contribution in [0.5, 0.6) is 0 Å². The van der Waals surface area contributed by atoms with Gasteiger partial charge in [0.1, 0.15) is 0 Å². The fourth-order valence-corrected chi connectivity index (χ4v) is 7.81. The first-order valence-electron chi connectivity index (χ1n) is 10.9. The van der Waals surface area contributed by atoms with Gasteiger partial charge in [-0.3, -0.25) is 9.59 Å². The minimum Gasteiger partial charge on any atom is -0.351 e. The van der Waals surface area contributed by atoms with Crippen molar-refractivity contribution in [2.75, 3.05) is 0 Å². The number of fused-ring (bicyclic) bond motifs is 5. The number of nitrogens with one attached hydrogen (secondary N) is 1. The number of carbonyl (C=O) groups is 2. The van der Waals surface area contributed by atoms with E-state index in [0.29, 0.717) is 24.0 Å². The molecule has 3 saturated carbocycles. The second-order valence-electron chi connectivity index (χ2n) is 10.8. The number of rotatable bonds is 1. The molecule has 0 aromatic carbocycles. The summed E-state index contributed by atoms with van der Waals surface area (Å²) in [4.78, 5) is 25.2. The van der Waals surface area contributed by atoms with Crippen molar-refractivity contribution >= 4 is 27.6 Å². The molecule has 3 nitrogen and oxygen atoms in total. The third-order valence-electron chi connectivity index (χ3n) is 8.23. The molecule has 27 heavy (non-hydrogen) atoms. The van der Waals surface area contributed by atoms with E-state index in [9.17, 15) is 9.59 Å². The van der Waals surface area contributed by atoms with Gasteiger partial charge in [-0.1, -0.05) is 6.92 Å². The molecule has 0 unspecified atom stereocenters. The van der Waals surface area contributed by atoms with Crippen LogP contribution in [0.25, 0.3) is 0 Å². The van der Waals surface area contributed by atoms with E-state index in [-0.39, 0.29) is 22.8 Å². The molecule has 0 aliphatic heterocycles. The maximum atomic E-state index is 13.0. The third kappa shape index (κ3) is 3.24. The van der Waals surface area contributed by atoms with Gasteiger partial charge in [-0.2, -0.15) is 0 Å². The van der Waals surface area contributed by atoms with Gasteiger partial charge in [-0.05, 0) is 116 Å². The molecule has 0 aromatic heterocycles. The lowest BCUT2D eigenvalue weighted by Gasteiger charge is -2.54. The Morgan fingerprint density at radius 1 is 1.07 bits per heavy atom.